The molecule has 1 aromatic rings. The van der Waals surface area contributed by atoms with Gasteiger partial charge in [0.25, 0.3) is 0 Å². The highest BCUT2D eigenvalue weighted by Gasteiger charge is 2.31. The molecule has 7 heteroatoms. The molecule has 2 N–H and O–H groups in total. The van der Waals surface area contributed by atoms with E-state index in [1.165, 1.54) is 13.0 Å². The number of barbiturate groups is 1. The van der Waals surface area contributed by atoms with Crippen LogP contribution in [0, 0.1) is 0 Å². The van der Waals surface area contributed by atoms with Crippen molar-refractivity contribution in [2.45, 2.75) is 13.3 Å². The first-order valence-electron chi connectivity index (χ1n) is 5.52. The summed E-state index contributed by atoms with van der Waals surface area (Å²) in [7, 11) is 0. The van der Waals surface area contributed by atoms with Gasteiger partial charge in [0, 0.05) is 12.6 Å². The van der Waals surface area contributed by atoms with E-state index in [9.17, 15) is 19.2 Å². The van der Waals surface area contributed by atoms with Crippen molar-refractivity contribution < 1.29 is 19.2 Å². The number of benzene rings is 1. The van der Waals surface area contributed by atoms with E-state index in [1.54, 1.807) is 18.2 Å². The number of hydrogen-bond acceptors (Lipinski definition) is 4. The quantitative estimate of drug-likeness (QED) is 0.763. The minimum Gasteiger partial charge on any atom is -0.326 e. The van der Waals surface area contributed by atoms with Gasteiger partial charge < -0.3 is 5.32 Å². The molecule has 98 valence electrons. The Balaban J connectivity index is 2.30. The van der Waals surface area contributed by atoms with Crippen molar-refractivity contribution >= 4 is 35.1 Å². The molecule has 0 radical (unpaired) electrons. The second kappa shape index (κ2) is 4.89. The first-order chi connectivity index (χ1) is 8.97. The summed E-state index contributed by atoms with van der Waals surface area (Å²) in [6.45, 7) is 1.35. The highest BCUT2D eigenvalue weighted by atomic mass is 16.2. The molecule has 1 aromatic carbocycles. The normalized spacial score (nSPS) is 15.2. The van der Waals surface area contributed by atoms with Crippen LogP contribution in [-0.2, 0) is 14.4 Å². The molecular weight excluding hydrogens is 250 g/mol. The van der Waals surface area contributed by atoms with Gasteiger partial charge in [-0.3, -0.25) is 19.7 Å². The molecule has 0 aliphatic carbocycles. The Labute approximate surface area is 108 Å². The summed E-state index contributed by atoms with van der Waals surface area (Å²) >= 11 is 0. The molecule has 0 spiro atoms. The fraction of sp³-hybridized carbons (Fsp3) is 0.167. The van der Waals surface area contributed by atoms with E-state index in [-0.39, 0.29) is 12.3 Å². The zero-order valence-electron chi connectivity index (χ0n) is 10.1. The van der Waals surface area contributed by atoms with Crippen LogP contribution >= 0.6 is 0 Å². The summed E-state index contributed by atoms with van der Waals surface area (Å²) in [4.78, 5) is 46.2. The van der Waals surface area contributed by atoms with Crippen LogP contribution in [0.1, 0.15) is 13.3 Å². The van der Waals surface area contributed by atoms with E-state index >= 15 is 0 Å². The molecule has 0 atom stereocenters. The number of carbonyl (C=O) groups is 4. The first-order valence-corrected chi connectivity index (χ1v) is 5.52. The lowest BCUT2D eigenvalue weighted by Crippen LogP contribution is -2.52. The third-order valence-electron chi connectivity index (χ3n) is 2.44. The van der Waals surface area contributed by atoms with E-state index in [4.69, 9.17) is 0 Å². The molecule has 2 rings (SSSR count). The molecule has 0 aromatic heterocycles. The van der Waals surface area contributed by atoms with Crippen molar-refractivity contribution in [2.75, 3.05) is 10.2 Å². The molecule has 19 heavy (non-hydrogen) atoms. The number of imide groups is 2. The fourth-order valence-electron chi connectivity index (χ4n) is 1.74. The SMILES string of the molecule is CC(=O)Nc1cccc(N2C(=O)CC(=O)NC2=O)c1. The number of urea groups is 1. The number of nitrogens with one attached hydrogen (secondary N) is 2. The zero-order chi connectivity index (χ0) is 14.0. The van der Waals surface area contributed by atoms with Crippen LogP contribution < -0.4 is 15.5 Å². The number of amides is 5. The van der Waals surface area contributed by atoms with Crippen LogP contribution in [0.15, 0.2) is 24.3 Å². The summed E-state index contributed by atoms with van der Waals surface area (Å²) in [6.07, 6.45) is -0.379. The van der Waals surface area contributed by atoms with Gasteiger partial charge in [-0.15, -0.1) is 0 Å². The third kappa shape index (κ3) is 2.76. The van der Waals surface area contributed by atoms with E-state index in [0.717, 1.165) is 4.90 Å². The number of carbonyl (C=O) groups excluding carboxylic acids is 4. The van der Waals surface area contributed by atoms with Crippen molar-refractivity contribution in [1.82, 2.24) is 5.32 Å². The molecule has 0 bridgehead atoms. The van der Waals surface area contributed by atoms with Gasteiger partial charge in [-0.25, -0.2) is 9.69 Å². The molecule has 1 aliphatic heterocycles. The average Bonchev–Trinajstić information content (AvgIpc) is 2.26. The summed E-state index contributed by atoms with van der Waals surface area (Å²) < 4.78 is 0. The molecule has 1 heterocycles. The number of nitrogens with zero attached hydrogens (tertiary/aromatic N) is 1. The van der Waals surface area contributed by atoms with Crippen LogP contribution in [0.2, 0.25) is 0 Å². The summed E-state index contributed by atoms with van der Waals surface area (Å²) in [5.41, 5.74) is 0.753. The highest BCUT2D eigenvalue weighted by molar-refractivity contribution is 6.26. The summed E-state index contributed by atoms with van der Waals surface area (Å²) in [5.74, 6) is -1.49. The van der Waals surface area contributed by atoms with Gasteiger partial charge in [-0.2, -0.15) is 0 Å². The van der Waals surface area contributed by atoms with Gasteiger partial charge in [-0.05, 0) is 18.2 Å². The van der Waals surface area contributed by atoms with Crippen LogP contribution in [0.4, 0.5) is 16.2 Å². The van der Waals surface area contributed by atoms with Crippen molar-refractivity contribution in [2.24, 2.45) is 0 Å². The molecule has 5 amide bonds. The second-order valence-electron chi connectivity index (χ2n) is 3.99. The summed E-state index contributed by atoms with van der Waals surface area (Å²) in [5, 5.41) is 4.61. The van der Waals surface area contributed by atoms with Crippen LogP contribution in [0.5, 0.6) is 0 Å². The predicted octanol–water partition coefficient (Wildman–Crippen LogP) is 0.618. The lowest BCUT2D eigenvalue weighted by Gasteiger charge is -2.24. The Bertz CT molecular complexity index is 562. The Morgan fingerprint density at radius 3 is 2.68 bits per heavy atom. The van der Waals surface area contributed by atoms with Gasteiger partial charge >= 0.3 is 6.03 Å². The average molecular weight is 261 g/mol. The van der Waals surface area contributed by atoms with E-state index in [2.05, 4.69) is 10.6 Å². The summed E-state index contributed by atoms with van der Waals surface area (Å²) in [6, 6.07) is 5.45. The maximum Gasteiger partial charge on any atom is 0.335 e. The first kappa shape index (κ1) is 12.7. The Kier molecular flexibility index (Phi) is 3.28. The van der Waals surface area contributed by atoms with Crippen molar-refractivity contribution in [1.29, 1.82) is 0 Å². The molecular formula is C12H11N3O4. The van der Waals surface area contributed by atoms with Crippen molar-refractivity contribution in [3.8, 4) is 0 Å². The number of anilines is 2. The third-order valence-corrected chi connectivity index (χ3v) is 2.44. The highest BCUT2D eigenvalue weighted by Crippen LogP contribution is 2.21. The monoisotopic (exact) mass is 261 g/mol. The fourth-order valence-corrected chi connectivity index (χ4v) is 1.74. The van der Waals surface area contributed by atoms with Gasteiger partial charge in [0.1, 0.15) is 6.42 Å². The van der Waals surface area contributed by atoms with Gasteiger partial charge in [0.05, 0.1) is 5.69 Å². The molecule has 0 saturated carbocycles. The minimum absolute atomic E-state index is 0.262. The van der Waals surface area contributed by atoms with Crippen LogP contribution in [0.3, 0.4) is 0 Å². The number of hydrogen-bond donors (Lipinski definition) is 2. The molecule has 1 aliphatic rings. The van der Waals surface area contributed by atoms with Gasteiger partial charge in [0.15, 0.2) is 0 Å². The Morgan fingerprint density at radius 2 is 2.05 bits per heavy atom. The predicted molar refractivity (Wildman–Crippen MR) is 66.4 cm³/mol. The maximum atomic E-state index is 11.7. The molecule has 0 unspecified atom stereocenters. The second-order valence-corrected chi connectivity index (χ2v) is 3.99. The lowest BCUT2D eigenvalue weighted by molar-refractivity contribution is -0.128. The van der Waals surface area contributed by atoms with E-state index in [1.807, 2.05) is 0 Å². The van der Waals surface area contributed by atoms with Crippen molar-refractivity contribution in [3.63, 3.8) is 0 Å². The lowest BCUT2D eigenvalue weighted by atomic mass is 10.2. The smallest absolute Gasteiger partial charge is 0.326 e. The Morgan fingerprint density at radius 1 is 1.32 bits per heavy atom. The molecule has 7 nitrogen and oxygen atoms in total. The van der Waals surface area contributed by atoms with E-state index < -0.39 is 17.8 Å². The van der Waals surface area contributed by atoms with Crippen molar-refractivity contribution in [3.05, 3.63) is 24.3 Å². The minimum atomic E-state index is -0.791. The topological polar surface area (TPSA) is 95.6 Å². The largest absolute Gasteiger partial charge is 0.335 e. The molecule has 1 fully saturated rings. The number of rotatable bonds is 2. The van der Waals surface area contributed by atoms with Gasteiger partial charge in [0.2, 0.25) is 17.7 Å². The van der Waals surface area contributed by atoms with E-state index in [0.29, 0.717) is 11.4 Å². The Hall–Kier alpha value is -2.70. The van der Waals surface area contributed by atoms with Crippen LogP contribution in [0.25, 0.3) is 0 Å². The molecule has 1 saturated heterocycles. The standard InChI is InChI=1S/C12H11N3O4/c1-7(16)13-8-3-2-4-9(5-8)15-11(18)6-10(17)14-12(15)19/h2-5H,6H2,1H3,(H,13,16)(H,14,17,19). The maximum absolute atomic E-state index is 11.7. The van der Waals surface area contributed by atoms with Gasteiger partial charge in [-0.1, -0.05) is 6.07 Å². The van der Waals surface area contributed by atoms with Crippen LogP contribution in [-0.4, -0.2) is 23.8 Å². The zero-order valence-corrected chi connectivity index (χ0v) is 10.1.